The Morgan fingerprint density at radius 3 is 2.64 bits per heavy atom. The van der Waals surface area contributed by atoms with Crippen LogP contribution < -0.4 is 5.32 Å². The van der Waals surface area contributed by atoms with Crippen molar-refractivity contribution in [3.63, 3.8) is 0 Å². The number of hydrogen-bond acceptors (Lipinski definition) is 2. The summed E-state index contributed by atoms with van der Waals surface area (Å²) in [5.41, 5.74) is 0.00910. The van der Waals surface area contributed by atoms with Gasteiger partial charge in [-0.3, -0.25) is 0 Å². The molecule has 1 rings (SSSR count). The highest BCUT2D eigenvalue weighted by Gasteiger charge is 2.36. The van der Waals surface area contributed by atoms with Gasteiger partial charge in [0.25, 0.3) is 0 Å². The normalized spacial score (nSPS) is 20.4. The maximum absolute atomic E-state index is 8.85. The average molecular weight is 152 g/mol. The van der Waals surface area contributed by atoms with Gasteiger partial charge in [-0.25, -0.2) is 0 Å². The summed E-state index contributed by atoms with van der Waals surface area (Å²) in [6, 6.07) is 2.41. The van der Waals surface area contributed by atoms with Crippen molar-refractivity contribution in [2.24, 2.45) is 5.41 Å². The van der Waals surface area contributed by atoms with Gasteiger partial charge in [0, 0.05) is 6.54 Å². The largest absolute Gasteiger partial charge is 0.315 e. The van der Waals surface area contributed by atoms with Gasteiger partial charge in [0.05, 0.1) is 11.5 Å². The highest BCUT2D eigenvalue weighted by atomic mass is 14.9. The van der Waals surface area contributed by atoms with Crippen LogP contribution in [-0.2, 0) is 0 Å². The second kappa shape index (κ2) is 3.73. The van der Waals surface area contributed by atoms with E-state index >= 15 is 0 Å². The van der Waals surface area contributed by atoms with Gasteiger partial charge in [0.15, 0.2) is 0 Å². The maximum atomic E-state index is 8.85. The van der Waals surface area contributed by atoms with Crippen LogP contribution in [0.4, 0.5) is 0 Å². The number of hydrogen-bond donors (Lipinski definition) is 1. The van der Waals surface area contributed by atoms with Gasteiger partial charge >= 0.3 is 0 Å². The molecule has 0 amide bonds. The summed E-state index contributed by atoms with van der Waals surface area (Å²) < 4.78 is 0. The monoisotopic (exact) mass is 152 g/mol. The molecule has 1 N–H and O–H groups in total. The number of nitrogens with zero attached hydrogens (tertiary/aromatic N) is 1. The lowest BCUT2D eigenvalue weighted by Gasteiger charge is -2.35. The highest BCUT2D eigenvalue weighted by Crippen LogP contribution is 2.39. The lowest BCUT2D eigenvalue weighted by atomic mass is 9.70. The molecular weight excluding hydrogens is 136 g/mol. The predicted molar refractivity (Wildman–Crippen MR) is 45.1 cm³/mol. The van der Waals surface area contributed by atoms with Crippen LogP contribution in [-0.4, -0.2) is 13.1 Å². The van der Waals surface area contributed by atoms with Crippen molar-refractivity contribution in [2.45, 2.75) is 32.6 Å². The first-order valence-corrected chi connectivity index (χ1v) is 4.45. The van der Waals surface area contributed by atoms with Crippen molar-refractivity contribution < 1.29 is 0 Å². The molecule has 0 heterocycles. The first-order chi connectivity index (χ1) is 5.33. The molecular formula is C9H16N2. The van der Waals surface area contributed by atoms with E-state index in [9.17, 15) is 0 Å². The Balaban J connectivity index is 2.18. The summed E-state index contributed by atoms with van der Waals surface area (Å²) in [6.45, 7) is 4.09. The molecule has 62 valence electrons. The Morgan fingerprint density at radius 1 is 1.55 bits per heavy atom. The third-order valence-electron chi connectivity index (χ3n) is 2.44. The number of nitrogens with one attached hydrogen (secondary N) is 1. The van der Waals surface area contributed by atoms with Crippen molar-refractivity contribution in [3.8, 4) is 6.07 Å². The summed E-state index contributed by atoms with van der Waals surface area (Å²) in [4.78, 5) is 0. The fourth-order valence-corrected chi connectivity index (χ4v) is 1.44. The molecule has 0 aromatic rings. The summed E-state index contributed by atoms with van der Waals surface area (Å²) in [5.74, 6) is 0. The van der Waals surface area contributed by atoms with Gasteiger partial charge < -0.3 is 5.32 Å². The van der Waals surface area contributed by atoms with Gasteiger partial charge in [-0.05, 0) is 25.8 Å². The summed E-state index contributed by atoms with van der Waals surface area (Å²) in [6.07, 6.45) is 4.59. The van der Waals surface area contributed by atoms with E-state index < -0.39 is 0 Å². The summed E-state index contributed by atoms with van der Waals surface area (Å²) in [5, 5.41) is 12.2. The molecule has 0 unspecified atom stereocenters. The van der Waals surface area contributed by atoms with Crippen molar-refractivity contribution >= 4 is 0 Å². The Labute approximate surface area is 68.6 Å². The Morgan fingerprint density at radius 2 is 2.27 bits per heavy atom. The van der Waals surface area contributed by atoms with Crippen LogP contribution in [0.25, 0.3) is 0 Å². The minimum atomic E-state index is 0.00910. The molecule has 2 nitrogen and oxygen atoms in total. The van der Waals surface area contributed by atoms with E-state index in [2.05, 4.69) is 18.3 Å². The van der Waals surface area contributed by atoms with Crippen molar-refractivity contribution in [2.75, 3.05) is 13.1 Å². The molecule has 0 aromatic carbocycles. The maximum Gasteiger partial charge on any atom is 0.0703 e. The van der Waals surface area contributed by atoms with E-state index in [1.807, 2.05) is 0 Å². The van der Waals surface area contributed by atoms with Gasteiger partial charge in [-0.15, -0.1) is 0 Å². The topological polar surface area (TPSA) is 35.8 Å². The van der Waals surface area contributed by atoms with E-state index in [0.717, 1.165) is 32.4 Å². The van der Waals surface area contributed by atoms with Crippen molar-refractivity contribution in [1.29, 1.82) is 5.26 Å². The fourth-order valence-electron chi connectivity index (χ4n) is 1.44. The molecule has 0 atom stereocenters. The first kappa shape index (κ1) is 8.55. The van der Waals surface area contributed by atoms with E-state index in [1.165, 1.54) is 6.42 Å². The van der Waals surface area contributed by atoms with Crippen LogP contribution >= 0.6 is 0 Å². The van der Waals surface area contributed by atoms with E-state index in [0.29, 0.717) is 0 Å². The molecule has 1 aliphatic carbocycles. The molecule has 0 radical (unpaired) electrons. The Bertz CT molecular complexity index is 153. The van der Waals surface area contributed by atoms with Crippen LogP contribution in [0.2, 0.25) is 0 Å². The van der Waals surface area contributed by atoms with Gasteiger partial charge in [0.1, 0.15) is 0 Å². The Hall–Kier alpha value is -0.550. The lowest BCUT2D eigenvalue weighted by molar-refractivity contribution is 0.207. The molecule has 2 heteroatoms. The van der Waals surface area contributed by atoms with Crippen LogP contribution in [0, 0.1) is 16.7 Å². The van der Waals surface area contributed by atoms with E-state index in [-0.39, 0.29) is 5.41 Å². The molecule has 1 saturated carbocycles. The van der Waals surface area contributed by atoms with E-state index in [4.69, 9.17) is 5.26 Å². The average Bonchev–Trinajstić information content (AvgIpc) is 1.95. The highest BCUT2D eigenvalue weighted by molar-refractivity contribution is 5.05. The zero-order valence-corrected chi connectivity index (χ0v) is 7.19. The minimum Gasteiger partial charge on any atom is -0.315 e. The van der Waals surface area contributed by atoms with Crippen LogP contribution in [0.15, 0.2) is 0 Å². The molecule has 0 spiro atoms. The van der Waals surface area contributed by atoms with E-state index in [1.54, 1.807) is 0 Å². The second-order valence-corrected chi connectivity index (χ2v) is 3.42. The quantitative estimate of drug-likeness (QED) is 0.622. The van der Waals surface area contributed by atoms with Gasteiger partial charge in [-0.1, -0.05) is 13.3 Å². The van der Waals surface area contributed by atoms with Crippen molar-refractivity contribution in [3.05, 3.63) is 0 Å². The van der Waals surface area contributed by atoms with Crippen LogP contribution in [0.5, 0.6) is 0 Å². The first-order valence-electron chi connectivity index (χ1n) is 4.45. The summed E-state index contributed by atoms with van der Waals surface area (Å²) >= 11 is 0. The third kappa shape index (κ3) is 1.94. The lowest BCUT2D eigenvalue weighted by Crippen LogP contribution is -2.38. The number of rotatable bonds is 4. The standard InChI is InChI=1S/C9H16N2/c1-2-6-11-8-9(7-10)4-3-5-9/h11H,2-6,8H2,1H3. The fraction of sp³-hybridized carbons (Fsp3) is 0.889. The zero-order valence-electron chi connectivity index (χ0n) is 7.19. The molecule has 0 aliphatic heterocycles. The Kier molecular flexibility index (Phi) is 2.90. The van der Waals surface area contributed by atoms with Gasteiger partial charge in [0.2, 0.25) is 0 Å². The molecule has 1 fully saturated rings. The molecule has 0 saturated heterocycles. The van der Waals surface area contributed by atoms with Gasteiger partial charge in [-0.2, -0.15) is 5.26 Å². The number of nitriles is 1. The zero-order chi connectivity index (χ0) is 8.16. The SMILES string of the molecule is CCCNCC1(C#N)CCC1. The molecule has 0 bridgehead atoms. The molecule has 0 aromatic heterocycles. The molecule has 11 heavy (non-hydrogen) atoms. The summed E-state index contributed by atoms with van der Waals surface area (Å²) in [7, 11) is 0. The smallest absolute Gasteiger partial charge is 0.0703 e. The van der Waals surface area contributed by atoms with Crippen LogP contribution in [0.3, 0.4) is 0 Å². The second-order valence-electron chi connectivity index (χ2n) is 3.42. The van der Waals surface area contributed by atoms with Crippen molar-refractivity contribution in [1.82, 2.24) is 5.32 Å². The predicted octanol–water partition coefficient (Wildman–Crippen LogP) is 1.68. The minimum absolute atomic E-state index is 0.00910. The molecule has 1 aliphatic rings. The van der Waals surface area contributed by atoms with Crippen LogP contribution in [0.1, 0.15) is 32.6 Å². The third-order valence-corrected chi connectivity index (χ3v) is 2.44.